The van der Waals surface area contributed by atoms with E-state index in [1.807, 2.05) is 0 Å². The summed E-state index contributed by atoms with van der Waals surface area (Å²) in [5, 5.41) is 3.77. The van der Waals surface area contributed by atoms with Gasteiger partial charge in [0.15, 0.2) is 0 Å². The summed E-state index contributed by atoms with van der Waals surface area (Å²) in [7, 11) is 0. The van der Waals surface area contributed by atoms with E-state index in [1.165, 1.54) is 49.2 Å². The number of hydrogen-bond acceptors (Lipinski definition) is 2. The van der Waals surface area contributed by atoms with Gasteiger partial charge in [-0.1, -0.05) is 38.0 Å². The maximum absolute atomic E-state index is 3.77. The predicted octanol–water partition coefficient (Wildman–Crippen LogP) is 4.82. The van der Waals surface area contributed by atoms with Crippen LogP contribution in [0.2, 0.25) is 0 Å². The Labute approximate surface area is 127 Å². The Morgan fingerprint density at radius 1 is 1.25 bits per heavy atom. The first-order valence-electron chi connectivity index (χ1n) is 8.33. The van der Waals surface area contributed by atoms with Gasteiger partial charge in [0.05, 0.1) is 0 Å². The second kappa shape index (κ2) is 7.00. The van der Waals surface area contributed by atoms with Gasteiger partial charge in [0, 0.05) is 16.7 Å². The van der Waals surface area contributed by atoms with E-state index in [0.717, 1.165) is 24.4 Å². The molecule has 1 saturated carbocycles. The van der Waals surface area contributed by atoms with Crippen LogP contribution in [0, 0.1) is 5.92 Å². The van der Waals surface area contributed by atoms with Gasteiger partial charge in [0.2, 0.25) is 0 Å². The highest BCUT2D eigenvalue weighted by Crippen LogP contribution is 2.42. The van der Waals surface area contributed by atoms with Crippen molar-refractivity contribution < 1.29 is 0 Å². The first kappa shape index (κ1) is 14.5. The van der Waals surface area contributed by atoms with Crippen molar-refractivity contribution in [2.75, 3.05) is 12.3 Å². The largest absolute Gasteiger partial charge is 0.314 e. The molecule has 2 aliphatic rings. The monoisotopic (exact) mass is 289 g/mol. The molecule has 1 nitrogen and oxygen atoms in total. The van der Waals surface area contributed by atoms with Crippen LogP contribution in [0.25, 0.3) is 0 Å². The number of hydrogen-bond donors (Lipinski definition) is 1. The molecule has 2 unspecified atom stereocenters. The van der Waals surface area contributed by atoms with Gasteiger partial charge >= 0.3 is 0 Å². The summed E-state index contributed by atoms with van der Waals surface area (Å²) in [6.45, 7) is 3.37. The number of rotatable bonds is 6. The van der Waals surface area contributed by atoms with E-state index in [9.17, 15) is 0 Å². The lowest BCUT2D eigenvalue weighted by Gasteiger charge is -2.25. The maximum atomic E-state index is 3.77. The van der Waals surface area contributed by atoms with Gasteiger partial charge in [-0.25, -0.2) is 0 Å². The van der Waals surface area contributed by atoms with Gasteiger partial charge in [-0.15, -0.1) is 11.8 Å². The van der Waals surface area contributed by atoms with Crippen molar-refractivity contribution in [3.63, 3.8) is 0 Å². The van der Waals surface area contributed by atoms with Gasteiger partial charge < -0.3 is 5.32 Å². The second-order valence-corrected chi connectivity index (χ2v) is 7.39. The molecule has 2 atom stereocenters. The molecule has 1 heterocycles. The van der Waals surface area contributed by atoms with Gasteiger partial charge in [-0.3, -0.25) is 0 Å². The number of thioether (sulfide) groups is 1. The Kier molecular flexibility index (Phi) is 5.06. The van der Waals surface area contributed by atoms with E-state index >= 15 is 0 Å². The molecule has 0 amide bonds. The predicted molar refractivity (Wildman–Crippen MR) is 88.6 cm³/mol. The molecule has 0 aromatic heterocycles. The Morgan fingerprint density at radius 3 is 2.85 bits per heavy atom. The van der Waals surface area contributed by atoms with Gasteiger partial charge in [-0.2, -0.15) is 0 Å². The highest BCUT2D eigenvalue weighted by Gasteiger charge is 2.27. The molecule has 3 rings (SSSR count). The molecule has 110 valence electrons. The molecule has 0 bridgehead atoms. The molecule has 1 aliphatic heterocycles. The normalized spacial score (nSPS) is 23.9. The molecule has 1 aromatic rings. The minimum atomic E-state index is 0.764. The molecule has 0 radical (unpaired) electrons. The fourth-order valence-corrected chi connectivity index (χ4v) is 5.28. The van der Waals surface area contributed by atoms with Crippen molar-refractivity contribution in [3.8, 4) is 0 Å². The fraction of sp³-hybridized carbons (Fsp3) is 0.667. The highest BCUT2D eigenvalue weighted by molar-refractivity contribution is 7.99. The molecular weight excluding hydrogens is 262 g/mol. The Balaban J connectivity index is 1.57. The SMILES string of the molecule is CCNC(CCC1CSc2ccccc21)C1CCCC1. The van der Waals surface area contributed by atoms with Crippen LogP contribution in [0.5, 0.6) is 0 Å². The summed E-state index contributed by atoms with van der Waals surface area (Å²) in [6, 6.07) is 9.78. The quantitative estimate of drug-likeness (QED) is 0.805. The number of nitrogens with one attached hydrogen (secondary N) is 1. The van der Waals surface area contributed by atoms with E-state index in [4.69, 9.17) is 0 Å². The average Bonchev–Trinajstić information content (AvgIpc) is 3.13. The lowest BCUT2D eigenvalue weighted by atomic mass is 9.88. The zero-order valence-electron chi connectivity index (χ0n) is 12.6. The Hall–Kier alpha value is -0.470. The van der Waals surface area contributed by atoms with Crippen molar-refractivity contribution in [3.05, 3.63) is 29.8 Å². The van der Waals surface area contributed by atoms with E-state index in [0.29, 0.717) is 0 Å². The van der Waals surface area contributed by atoms with E-state index in [2.05, 4.69) is 48.3 Å². The maximum Gasteiger partial charge on any atom is 0.0107 e. The summed E-state index contributed by atoms with van der Waals surface area (Å²) in [6.07, 6.45) is 8.53. The van der Waals surface area contributed by atoms with Crippen LogP contribution in [0.1, 0.15) is 56.9 Å². The van der Waals surface area contributed by atoms with Crippen molar-refractivity contribution in [1.29, 1.82) is 0 Å². The zero-order valence-corrected chi connectivity index (χ0v) is 13.4. The molecule has 0 saturated heterocycles. The second-order valence-electron chi connectivity index (χ2n) is 6.33. The van der Waals surface area contributed by atoms with E-state index in [1.54, 1.807) is 5.56 Å². The van der Waals surface area contributed by atoms with Crippen LogP contribution in [0.4, 0.5) is 0 Å². The molecule has 1 aliphatic carbocycles. The smallest absolute Gasteiger partial charge is 0.0107 e. The van der Waals surface area contributed by atoms with Gasteiger partial charge in [0.1, 0.15) is 0 Å². The first-order valence-corrected chi connectivity index (χ1v) is 9.32. The number of benzene rings is 1. The third-order valence-electron chi connectivity index (χ3n) is 5.06. The third kappa shape index (κ3) is 3.23. The van der Waals surface area contributed by atoms with Gasteiger partial charge in [0.25, 0.3) is 0 Å². The van der Waals surface area contributed by atoms with Crippen LogP contribution >= 0.6 is 11.8 Å². The van der Waals surface area contributed by atoms with Crippen LogP contribution in [-0.4, -0.2) is 18.3 Å². The summed E-state index contributed by atoms with van der Waals surface area (Å²) in [5.41, 5.74) is 1.61. The molecule has 0 spiro atoms. The first-order chi connectivity index (χ1) is 9.88. The summed E-state index contributed by atoms with van der Waals surface area (Å²) in [4.78, 5) is 1.53. The summed E-state index contributed by atoms with van der Waals surface area (Å²) < 4.78 is 0. The minimum absolute atomic E-state index is 0.764. The molecular formula is C18H27NS. The third-order valence-corrected chi connectivity index (χ3v) is 6.31. The topological polar surface area (TPSA) is 12.0 Å². The molecule has 2 heteroatoms. The van der Waals surface area contributed by atoms with E-state index < -0.39 is 0 Å². The average molecular weight is 289 g/mol. The summed E-state index contributed by atoms with van der Waals surface area (Å²) >= 11 is 2.05. The van der Waals surface area contributed by atoms with Crippen LogP contribution in [0.3, 0.4) is 0 Å². The lowest BCUT2D eigenvalue weighted by Crippen LogP contribution is -2.35. The van der Waals surface area contributed by atoms with Crippen molar-refractivity contribution in [2.24, 2.45) is 5.92 Å². The molecule has 1 aromatic carbocycles. The van der Waals surface area contributed by atoms with Crippen molar-refractivity contribution in [2.45, 2.75) is 62.3 Å². The number of fused-ring (bicyclic) bond motifs is 1. The lowest BCUT2D eigenvalue weighted by molar-refractivity contribution is 0.333. The molecule has 1 N–H and O–H groups in total. The Bertz CT molecular complexity index is 425. The highest BCUT2D eigenvalue weighted by atomic mass is 32.2. The van der Waals surface area contributed by atoms with Crippen molar-refractivity contribution >= 4 is 11.8 Å². The van der Waals surface area contributed by atoms with E-state index in [-0.39, 0.29) is 0 Å². The van der Waals surface area contributed by atoms with Crippen LogP contribution < -0.4 is 5.32 Å². The van der Waals surface area contributed by atoms with Crippen LogP contribution in [0.15, 0.2) is 29.2 Å². The van der Waals surface area contributed by atoms with Gasteiger partial charge in [-0.05, 0) is 55.7 Å². The fourth-order valence-electron chi connectivity index (χ4n) is 3.98. The summed E-state index contributed by atoms with van der Waals surface area (Å²) in [5.74, 6) is 3.03. The van der Waals surface area contributed by atoms with Crippen LogP contribution in [-0.2, 0) is 0 Å². The standard InChI is InChI=1S/C18H27NS/c1-2-19-17(14-7-3-4-8-14)12-11-15-13-20-18-10-6-5-9-16(15)18/h5-6,9-10,14-15,17,19H,2-4,7-8,11-13H2,1H3. The Morgan fingerprint density at radius 2 is 2.05 bits per heavy atom. The molecule has 1 fully saturated rings. The van der Waals surface area contributed by atoms with Crippen molar-refractivity contribution in [1.82, 2.24) is 5.32 Å². The minimum Gasteiger partial charge on any atom is -0.314 e. The zero-order chi connectivity index (χ0) is 13.8. The molecule has 20 heavy (non-hydrogen) atoms.